The minimum Gasteiger partial charge on any atom is -0.497 e. The van der Waals surface area contributed by atoms with E-state index in [-0.39, 0.29) is 11.9 Å². The number of rotatable bonds is 4. The van der Waals surface area contributed by atoms with Gasteiger partial charge in [0.05, 0.1) is 14.2 Å². The molecule has 0 heterocycles. The minimum atomic E-state index is -0.269. The van der Waals surface area contributed by atoms with Gasteiger partial charge in [0.25, 0.3) is 0 Å². The third-order valence-electron chi connectivity index (χ3n) is 27.9. The molecule has 11 aromatic rings. The van der Waals surface area contributed by atoms with E-state index in [1.807, 2.05) is 30.3 Å². The van der Waals surface area contributed by atoms with E-state index in [0.29, 0.717) is 64.8 Å². The van der Waals surface area contributed by atoms with Crippen molar-refractivity contribution in [2.24, 2.45) is 29.6 Å². The average Bonchev–Trinajstić information content (AvgIpc) is 1.60. The molecule has 11 aromatic carbocycles. The maximum atomic E-state index is 11.1. The first-order valence-corrected chi connectivity index (χ1v) is 41.7. The van der Waals surface area contributed by atoms with Gasteiger partial charge in [-0.15, -0.1) is 0 Å². The molecule has 0 saturated carbocycles. The number of carbonyl (C=O) groups excluding carboxylic acids is 2. The molecule has 111 heavy (non-hydrogen) atoms. The molecule has 16 unspecified atom stereocenters. The first kappa shape index (κ1) is 81.2. The van der Waals surface area contributed by atoms with Crippen LogP contribution in [0.3, 0.4) is 0 Å². The monoisotopic (exact) mass is 1480 g/mol. The van der Waals surface area contributed by atoms with Crippen LogP contribution in [-0.2, 0) is 35.3 Å². The summed E-state index contributed by atoms with van der Waals surface area (Å²) in [4.78, 5) is 22.0. The molecule has 8 aliphatic rings. The van der Waals surface area contributed by atoms with E-state index < -0.39 is 0 Å². The van der Waals surface area contributed by atoms with E-state index in [9.17, 15) is 9.59 Å². The summed E-state index contributed by atoms with van der Waals surface area (Å²) < 4.78 is 21.0. The SMILES string of the molecule is CC(=O)Oc1ccc2c(c1)C(C)C(C)C2.CC(=O)Oc1ccc2c3c(cccc13)C(C)C2C.CC1Cc2ccccc2C1C.CC1c2cccc3cccc(c23)C1C.CC1c2ccccc2C(C)C1C.COc1ccc2c(c1)CC(C)C2C.COc1ccc2c3c(cccc13)C(C)C2C.Cc1ccc2c(c1)CC(C)C2C. The lowest BCUT2D eigenvalue weighted by molar-refractivity contribution is -0.132. The minimum absolute atomic E-state index is 0.256. The quantitative estimate of drug-likeness (QED) is 0.129. The van der Waals surface area contributed by atoms with Gasteiger partial charge < -0.3 is 18.9 Å². The second-order valence-electron chi connectivity index (χ2n) is 34.5. The Balaban J connectivity index is 0.000000118. The molecule has 0 saturated heterocycles. The Morgan fingerprint density at radius 1 is 0.279 bits per heavy atom. The van der Waals surface area contributed by atoms with Crippen LogP contribution >= 0.6 is 0 Å². The summed E-state index contributed by atoms with van der Waals surface area (Å²) in [7, 11) is 3.47. The van der Waals surface area contributed by atoms with Gasteiger partial charge in [-0.05, 0) is 280 Å². The van der Waals surface area contributed by atoms with Gasteiger partial charge in [-0.2, -0.15) is 0 Å². The largest absolute Gasteiger partial charge is 0.497 e. The third-order valence-corrected chi connectivity index (χ3v) is 27.9. The second kappa shape index (κ2) is 34.8. The summed E-state index contributed by atoms with van der Waals surface area (Å²) in [5.74, 6) is 14.7. The highest BCUT2D eigenvalue weighted by Gasteiger charge is 2.35. The highest BCUT2D eigenvalue weighted by atomic mass is 16.5. The lowest BCUT2D eigenvalue weighted by Gasteiger charge is -2.13. The Morgan fingerprint density at radius 3 is 1.11 bits per heavy atom. The van der Waals surface area contributed by atoms with Crippen molar-refractivity contribution in [2.75, 3.05) is 14.2 Å². The van der Waals surface area contributed by atoms with Crippen molar-refractivity contribution in [3.05, 3.63) is 295 Å². The first-order chi connectivity index (χ1) is 53.1. The van der Waals surface area contributed by atoms with Crippen LogP contribution in [0.2, 0.25) is 0 Å². The molecule has 0 N–H and O–H groups in total. The van der Waals surface area contributed by atoms with Crippen molar-refractivity contribution in [1.82, 2.24) is 0 Å². The lowest BCUT2D eigenvalue weighted by atomic mass is 9.91. The lowest BCUT2D eigenvalue weighted by Crippen LogP contribution is -2.02. The molecule has 580 valence electrons. The maximum absolute atomic E-state index is 11.1. The Kier molecular flexibility index (Phi) is 25.5. The number of carbonyl (C=O) groups is 2. The zero-order chi connectivity index (χ0) is 79.5. The van der Waals surface area contributed by atoms with Crippen LogP contribution in [0.15, 0.2) is 200 Å². The predicted molar refractivity (Wildman–Crippen MR) is 466 cm³/mol. The first-order valence-electron chi connectivity index (χ1n) is 41.7. The summed E-state index contributed by atoms with van der Waals surface area (Å²) in [6, 6.07) is 71.4. The fourth-order valence-corrected chi connectivity index (χ4v) is 19.5. The molecule has 8 aliphatic carbocycles. The molecule has 0 fully saturated rings. The molecule has 0 bridgehead atoms. The van der Waals surface area contributed by atoms with Gasteiger partial charge in [0.1, 0.15) is 23.0 Å². The predicted octanol–water partition coefficient (Wildman–Crippen LogP) is 27.8. The Hall–Kier alpha value is -9.26. The van der Waals surface area contributed by atoms with Crippen molar-refractivity contribution in [2.45, 2.75) is 235 Å². The number of methoxy groups -OCH3 is 2. The molecule has 6 nitrogen and oxygen atoms in total. The zero-order valence-corrected chi connectivity index (χ0v) is 70.6. The molecular formula is C105H124O6. The van der Waals surface area contributed by atoms with Crippen LogP contribution in [0, 0.1) is 36.5 Å². The van der Waals surface area contributed by atoms with Gasteiger partial charge in [-0.1, -0.05) is 287 Å². The molecule has 0 amide bonds. The van der Waals surface area contributed by atoms with Crippen molar-refractivity contribution in [3.63, 3.8) is 0 Å². The van der Waals surface area contributed by atoms with Crippen molar-refractivity contribution in [1.29, 1.82) is 0 Å². The number of aryl methyl sites for hydroxylation is 1. The molecule has 0 radical (unpaired) electrons. The highest BCUT2D eigenvalue weighted by molar-refractivity contribution is 5.98. The normalized spacial score (nSPS) is 25.4. The highest BCUT2D eigenvalue weighted by Crippen LogP contribution is 2.52. The molecular weight excluding hydrogens is 1360 g/mol. The fraction of sp³-hybridized carbons (Fsp3) is 0.410. The van der Waals surface area contributed by atoms with Crippen molar-refractivity contribution >= 4 is 44.3 Å². The number of fused-ring (bicyclic) bond motifs is 5. The Bertz CT molecular complexity index is 5050. The second-order valence-corrected chi connectivity index (χ2v) is 34.5. The number of hydrogen-bond acceptors (Lipinski definition) is 6. The number of benzene rings is 11. The number of hydrogen-bond donors (Lipinski definition) is 0. The van der Waals surface area contributed by atoms with Crippen LogP contribution in [0.4, 0.5) is 0 Å². The number of esters is 2. The Morgan fingerprint density at radius 2 is 0.640 bits per heavy atom. The molecule has 6 heteroatoms. The zero-order valence-electron chi connectivity index (χ0n) is 70.6. The average molecular weight is 1480 g/mol. The van der Waals surface area contributed by atoms with Crippen LogP contribution < -0.4 is 18.9 Å². The summed E-state index contributed by atoms with van der Waals surface area (Å²) in [6.45, 7) is 44.3. The van der Waals surface area contributed by atoms with Gasteiger partial charge in [0.2, 0.25) is 0 Å². The summed E-state index contributed by atoms with van der Waals surface area (Å²) in [5, 5.41) is 7.91. The third kappa shape index (κ3) is 16.8. The van der Waals surface area contributed by atoms with E-state index in [2.05, 4.69) is 294 Å². The van der Waals surface area contributed by atoms with E-state index in [0.717, 1.165) is 70.6 Å². The van der Waals surface area contributed by atoms with Crippen LogP contribution in [0.1, 0.15) is 297 Å². The van der Waals surface area contributed by atoms with Gasteiger partial charge in [0.15, 0.2) is 0 Å². The molecule has 0 aromatic heterocycles. The van der Waals surface area contributed by atoms with E-state index in [4.69, 9.17) is 18.9 Å². The van der Waals surface area contributed by atoms with Crippen LogP contribution in [0.25, 0.3) is 32.3 Å². The smallest absolute Gasteiger partial charge is 0.308 e. The van der Waals surface area contributed by atoms with Gasteiger partial charge in [0, 0.05) is 24.6 Å². The summed E-state index contributed by atoms with van der Waals surface area (Å²) in [5.41, 5.74) is 25.3. The topological polar surface area (TPSA) is 71.1 Å². The van der Waals surface area contributed by atoms with Gasteiger partial charge in [-0.25, -0.2) is 0 Å². The molecule has 16 atom stereocenters. The summed E-state index contributed by atoms with van der Waals surface area (Å²) >= 11 is 0. The van der Waals surface area contributed by atoms with E-state index >= 15 is 0 Å². The molecule has 19 rings (SSSR count). The summed E-state index contributed by atoms with van der Waals surface area (Å²) in [6.07, 6.45) is 4.89. The Labute approximate surface area is 665 Å². The molecule has 0 spiro atoms. The van der Waals surface area contributed by atoms with Crippen LogP contribution in [-0.4, -0.2) is 26.2 Å². The van der Waals surface area contributed by atoms with Crippen LogP contribution in [0.5, 0.6) is 23.0 Å². The van der Waals surface area contributed by atoms with Crippen molar-refractivity contribution < 1.29 is 28.5 Å². The van der Waals surface area contributed by atoms with Gasteiger partial charge >= 0.3 is 11.9 Å². The van der Waals surface area contributed by atoms with E-state index in [1.54, 1.807) is 47.6 Å². The van der Waals surface area contributed by atoms with Gasteiger partial charge in [-0.3, -0.25) is 9.59 Å². The van der Waals surface area contributed by atoms with E-state index in [1.165, 1.54) is 121 Å². The van der Waals surface area contributed by atoms with Crippen molar-refractivity contribution in [3.8, 4) is 23.0 Å². The standard InChI is InChI=1S/C16H16O2.C15H16O.C14H14.C13H16O2.C12H16O.2C12H16.C11H14/c1-9-10(2)13-7-8-15(18-11(3)17)14-6-4-5-12(9)16(13)14;1-9-10(2)12-7-8-14(16-3)13-6-4-5-11(9)15(12)13;1-9-10(2)13-8-4-6-11-5-3-7-12(9)14(11)13;1-8-6-11-4-5-12(15-10(3)14)7-13(11)9(8)2;1-8-6-10-7-11(13-3)4-5-12(10)9(8)2;1-8-4-5-12-10(3)9(2)7-11(12)6-8;1-8-9(2)11-6-4-5-7-12(11)10(8)3;1-8-7-10-5-3-4-6-11(10)9(8)2/h4-10H,1-3H3;4-10H,1-3H3;3-10H,1-2H3;4-5,7-9H,6H2,1-3H3;4-5,7-9H,6H2,1-3H3;4-6,9-10H,7H2,1-3H3;4-10H,1-3H3;3-6,8-9H,7H2,1-2H3. The fourth-order valence-electron chi connectivity index (χ4n) is 19.5. The molecule has 0 aliphatic heterocycles. The number of ether oxygens (including phenoxy) is 4. The maximum Gasteiger partial charge on any atom is 0.308 e.